The molecular weight excluding hydrogens is 296 g/mol. The number of hydrogen-bond acceptors (Lipinski definition) is 4. The van der Waals surface area contributed by atoms with E-state index in [1.807, 2.05) is 24.3 Å². The number of rotatable bonds is 5. The molecule has 1 atom stereocenters. The van der Waals surface area contributed by atoms with Crippen LogP contribution in [0.25, 0.3) is 0 Å². The van der Waals surface area contributed by atoms with Crippen LogP contribution in [0.5, 0.6) is 17.2 Å². The quantitative estimate of drug-likeness (QED) is 0.919. The molecule has 0 radical (unpaired) electrons. The standard InChI is InChI=1S/C18H18O5/c1-21-14-5-2-12(3-6-14)10-15(18(19)20)13-4-7-16-17(11-13)23-9-8-22-16/h2-7,11,15H,8-10H2,1H3,(H,19,20). The monoisotopic (exact) mass is 314 g/mol. The number of fused-ring (bicyclic) bond motifs is 1. The van der Waals surface area contributed by atoms with E-state index >= 15 is 0 Å². The molecule has 2 aromatic carbocycles. The van der Waals surface area contributed by atoms with Crippen molar-refractivity contribution >= 4 is 5.97 Å². The van der Waals surface area contributed by atoms with Gasteiger partial charge in [0.05, 0.1) is 13.0 Å². The van der Waals surface area contributed by atoms with Crippen molar-refractivity contribution in [3.05, 3.63) is 53.6 Å². The number of hydrogen-bond donors (Lipinski definition) is 1. The SMILES string of the molecule is COc1ccc(CC(C(=O)O)c2ccc3c(c2)OCCO3)cc1. The summed E-state index contributed by atoms with van der Waals surface area (Å²) in [5.41, 5.74) is 1.64. The summed E-state index contributed by atoms with van der Waals surface area (Å²) in [7, 11) is 1.60. The number of carboxylic acids is 1. The number of ether oxygens (including phenoxy) is 3. The zero-order chi connectivity index (χ0) is 16.2. The summed E-state index contributed by atoms with van der Waals surface area (Å²) < 4.78 is 16.1. The molecule has 0 bridgehead atoms. The van der Waals surface area contributed by atoms with Gasteiger partial charge in [-0.15, -0.1) is 0 Å². The first-order chi connectivity index (χ1) is 11.2. The number of aliphatic carboxylic acids is 1. The lowest BCUT2D eigenvalue weighted by atomic mass is 9.91. The van der Waals surface area contributed by atoms with Gasteiger partial charge in [0, 0.05) is 0 Å². The number of carboxylic acid groups (broad SMARTS) is 1. The van der Waals surface area contributed by atoms with E-state index in [-0.39, 0.29) is 0 Å². The van der Waals surface area contributed by atoms with Gasteiger partial charge in [0.25, 0.3) is 0 Å². The highest BCUT2D eigenvalue weighted by atomic mass is 16.6. The fourth-order valence-electron chi connectivity index (χ4n) is 2.62. The van der Waals surface area contributed by atoms with Crippen molar-refractivity contribution < 1.29 is 24.1 Å². The van der Waals surface area contributed by atoms with Gasteiger partial charge < -0.3 is 19.3 Å². The van der Waals surface area contributed by atoms with Crippen LogP contribution in [0, 0.1) is 0 Å². The van der Waals surface area contributed by atoms with Crippen LogP contribution >= 0.6 is 0 Å². The molecule has 1 unspecified atom stereocenters. The summed E-state index contributed by atoms with van der Waals surface area (Å²) in [6, 6.07) is 12.7. The number of carbonyl (C=O) groups is 1. The summed E-state index contributed by atoms with van der Waals surface area (Å²) in [5.74, 6) is 0.514. The molecule has 23 heavy (non-hydrogen) atoms. The molecule has 5 nitrogen and oxygen atoms in total. The Labute approximate surface area is 134 Å². The van der Waals surface area contributed by atoms with E-state index in [1.165, 1.54) is 0 Å². The number of benzene rings is 2. The maximum Gasteiger partial charge on any atom is 0.311 e. The van der Waals surface area contributed by atoms with Crippen molar-refractivity contribution in [1.29, 1.82) is 0 Å². The molecule has 0 fully saturated rings. The lowest BCUT2D eigenvalue weighted by molar-refractivity contribution is -0.138. The molecule has 120 valence electrons. The molecule has 0 aliphatic carbocycles. The van der Waals surface area contributed by atoms with Gasteiger partial charge in [-0.25, -0.2) is 0 Å². The summed E-state index contributed by atoms with van der Waals surface area (Å²) in [6.45, 7) is 0.993. The minimum absolute atomic E-state index is 0.402. The number of methoxy groups -OCH3 is 1. The van der Waals surface area contributed by atoms with E-state index in [0.717, 1.165) is 11.3 Å². The molecule has 1 aliphatic heterocycles. The normalized spacial score (nSPS) is 14.1. The van der Waals surface area contributed by atoms with Crippen molar-refractivity contribution in [2.24, 2.45) is 0 Å². The topological polar surface area (TPSA) is 65.0 Å². The van der Waals surface area contributed by atoms with Gasteiger partial charge in [0.2, 0.25) is 0 Å². The lowest BCUT2D eigenvalue weighted by Crippen LogP contribution is -2.18. The second kappa shape index (κ2) is 6.60. The van der Waals surface area contributed by atoms with Crippen molar-refractivity contribution in [3.63, 3.8) is 0 Å². The van der Waals surface area contributed by atoms with Crippen molar-refractivity contribution in [1.82, 2.24) is 0 Å². The molecule has 2 aromatic rings. The molecule has 0 saturated carbocycles. The second-order valence-electron chi connectivity index (χ2n) is 5.35. The highest BCUT2D eigenvalue weighted by Crippen LogP contribution is 2.34. The lowest BCUT2D eigenvalue weighted by Gasteiger charge is -2.20. The van der Waals surface area contributed by atoms with Gasteiger partial charge in [0.1, 0.15) is 19.0 Å². The predicted octanol–water partition coefficient (Wildman–Crippen LogP) is 2.88. The van der Waals surface area contributed by atoms with Crippen LogP contribution in [0.2, 0.25) is 0 Å². The minimum Gasteiger partial charge on any atom is -0.497 e. The maximum atomic E-state index is 11.7. The van der Waals surface area contributed by atoms with Crippen LogP contribution < -0.4 is 14.2 Å². The Hall–Kier alpha value is -2.69. The van der Waals surface area contributed by atoms with E-state index in [2.05, 4.69) is 0 Å². The minimum atomic E-state index is -0.863. The predicted molar refractivity (Wildman–Crippen MR) is 84.5 cm³/mol. The molecule has 0 spiro atoms. The Morgan fingerprint density at radius 2 is 1.83 bits per heavy atom. The molecule has 1 heterocycles. The third kappa shape index (κ3) is 3.39. The molecular formula is C18H18O5. The summed E-state index contributed by atoms with van der Waals surface area (Å²) >= 11 is 0. The molecule has 0 aromatic heterocycles. The summed E-state index contributed by atoms with van der Waals surface area (Å²) in [5, 5.41) is 9.60. The molecule has 3 rings (SSSR count). The van der Waals surface area contributed by atoms with Crippen LogP contribution in [0.3, 0.4) is 0 Å². The van der Waals surface area contributed by atoms with Crippen molar-refractivity contribution in [2.45, 2.75) is 12.3 Å². The van der Waals surface area contributed by atoms with Crippen LogP contribution in [-0.4, -0.2) is 31.4 Å². The third-order valence-electron chi connectivity index (χ3n) is 3.87. The van der Waals surface area contributed by atoms with Crippen molar-refractivity contribution in [2.75, 3.05) is 20.3 Å². The molecule has 5 heteroatoms. The van der Waals surface area contributed by atoms with E-state index in [9.17, 15) is 9.90 Å². The Bertz CT molecular complexity index is 693. The second-order valence-corrected chi connectivity index (χ2v) is 5.35. The smallest absolute Gasteiger partial charge is 0.311 e. The Morgan fingerprint density at radius 3 is 2.48 bits per heavy atom. The first-order valence-corrected chi connectivity index (χ1v) is 7.42. The zero-order valence-electron chi connectivity index (χ0n) is 12.8. The van der Waals surface area contributed by atoms with Gasteiger partial charge in [-0.1, -0.05) is 18.2 Å². The van der Waals surface area contributed by atoms with E-state index < -0.39 is 11.9 Å². The first kappa shape index (κ1) is 15.2. The third-order valence-corrected chi connectivity index (χ3v) is 3.87. The summed E-state index contributed by atoms with van der Waals surface area (Å²) in [6.07, 6.45) is 0.402. The first-order valence-electron chi connectivity index (χ1n) is 7.42. The summed E-state index contributed by atoms with van der Waals surface area (Å²) in [4.78, 5) is 11.7. The average molecular weight is 314 g/mol. The maximum absolute atomic E-state index is 11.7. The van der Waals surface area contributed by atoms with Crippen LogP contribution in [0.4, 0.5) is 0 Å². The Morgan fingerprint density at radius 1 is 1.13 bits per heavy atom. The fraction of sp³-hybridized carbons (Fsp3) is 0.278. The Kier molecular flexibility index (Phi) is 4.37. The highest BCUT2D eigenvalue weighted by molar-refractivity contribution is 5.77. The molecule has 0 saturated heterocycles. The highest BCUT2D eigenvalue weighted by Gasteiger charge is 2.23. The van der Waals surface area contributed by atoms with Gasteiger partial charge in [0.15, 0.2) is 11.5 Å². The van der Waals surface area contributed by atoms with Crippen LogP contribution in [0.1, 0.15) is 17.0 Å². The molecule has 1 aliphatic rings. The van der Waals surface area contributed by atoms with Gasteiger partial charge in [-0.2, -0.15) is 0 Å². The van der Waals surface area contributed by atoms with Gasteiger partial charge in [-0.3, -0.25) is 4.79 Å². The van der Waals surface area contributed by atoms with Crippen LogP contribution in [0.15, 0.2) is 42.5 Å². The molecule has 1 N–H and O–H groups in total. The van der Waals surface area contributed by atoms with E-state index in [0.29, 0.717) is 36.7 Å². The van der Waals surface area contributed by atoms with Gasteiger partial charge in [-0.05, 0) is 41.8 Å². The fourth-order valence-corrected chi connectivity index (χ4v) is 2.62. The molecule has 0 amide bonds. The Balaban J connectivity index is 1.84. The average Bonchev–Trinajstić information content (AvgIpc) is 2.59. The largest absolute Gasteiger partial charge is 0.497 e. The van der Waals surface area contributed by atoms with Crippen molar-refractivity contribution in [3.8, 4) is 17.2 Å². The zero-order valence-corrected chi connectivity index (χ0v) is 12.8. The van der Waals surface area contributed by atoms with Gasteiger partial charge >= 0.3 is 5.97 Å². The van der Waals surface area contributed by atoms with E-state index in [1.54, 1.807) is 25.3 Å². The van der Waals surface area contributed by atoms with E-state index in [4.69, 9.17) is 14.2 Å². The van der Waals surface area contributed by atoms with Crippen LogP contribution in [-0.2, 0) is 11.2 Å².